The van der Waals surface area contributed by atoms with Gasteiger partial charge in [0.2, 0.25) is 11.7 Å². The Bertz CT molecular complexity index is 431. The van der Waals surface area contributed by atoms with Gasteiger partial charge in [0.25, 0.3) is 0 Å². The third kappa shape index (κ3) is 4.40. The molecule has 1 aromatic heterocycles. The van der Waals surface area contributed by atoms with Crippen LogP contribution >= 0.6 is 11.8 Å². The molecule has 0 aliphatic rings. The minimum atomic E-state index is -0.107. The van der Waals surface area contributed by atoms with E-state index in [1.54, 1.807) is 6.92 Å². The fraction of sp³-hybridized carbons (Fsp3) is 0.500. The number of imidazole rings is 1. The van der Waals surface area contributed by atoms with E-state index in [0.717, 1.165) is 11.0 Å². The summed E-state index contributed by atoms with van der Waals surface area (Å²) in [5, 5.41) is 3.66. The number of aryl methyl sites for hydroxylation is 1. The smallest absolute Gasteiger partial charge is 0.319 e. The molecule has 0 unspecified atom stereocenters. The van der Waals surface area contributed by atoms with Gasteiger partial charge in [0.15, 0.2) is 6.20 Å². The number of ketones is 1. The fourth-order valence-electron chi connectivity index (χ4n) is 1.33. The molecule has 7 heteroatoms. The van der Waals surface area contributed by atoms with Crippen molar-refractivity contribution in [3.05, 3.63) is 6.20 Å². The summed E-state index contributed by atoms with van der Waals surface area (Å²) in [5.41, 5.74) is 0. The number of nitrogens with one attached hydrogen (secondary N) is 1. The van der Waals surface area contributed by atoms with Crippen molar-refractivity contribution in [1.82, 2.24) is 4.57 Å². The molecule has 0 bridgehead atoms. The number of Topliss-reactive ketones (excluding diaryl/α,β-unsaturated/α-hetero) is 1. The topological polar surface area (TPSA) is 55.0 Å². The molecule has 0 spiro atoms. The van der Waals surface area contributed by atoms with E-state index in [4.69, 9.17) is 0 Å². The molecule has 1 amide bonds. The molecule has 0 saturated heterocycles. The van der Waals surface area contributed by atoms with Crippen LogP contribution in [0.4, 0.5) is 5.82 Å². The molecule has 0 radical (unpaired) electrons. The van der Waals surface area contributed by atoms with Crippen molar-refractivity contribution in [2.45, 2.75) is 19.0 Å². The van der Waals surface area contributed by atoms with Gasteiger partial charge >= 0.3 is 5.16 Å². The predicted molar refractivity (Wildman–Crippen MR) is 62.3 cm³/mol. The Morgan fingerprint density at radius 1 is 1.47 bits per heavy atom. The van der Waals surface area contributed by atoms with Gasteiger partial charge in [-0.05, 0) is 18.7 Å². The summed E-state index contributed by atoms with van der Waals surface area (Å²) < 4.78 is 3.74. The fourth-order valence-corrected chi connectivity index (χ4v) is 2.21. The molecule has 1 rings (SSSR count). The van der Waals surface area contributed by atoms with Gasteiger partial charge in [-0.15, -0.1) is 0 Å². The second-order valence-corrected chi connectivity index (χ2v) is 4.58. The number of halogens is 1. The highest BCUT2D eigenvalue weighted by atomic mass is 35.5. The van der Waals surface area contributed by atoms with E-state index in [2.05, 4.69) is 5.32 Å². The van der Waals surface area contributed by atoms with Crippen molar-refractivity contribution < 1.29 is 26.6 Å². The van der Waals surface area contributed by atoms with Crippen molar-refractivity contribution in [3.63, 3.8) is 0 Å². The zero-order valence-electron chi connectivity index (χ0n) is 10.3. The van der Waals surface area contributed by atoms with Crippen molar-refractivity contribution in [3.8, 4) is 0 Å². The summed E-state index contributed by atoms with van der Waals surface area (Å²) >= 11 is 1.45. The number of amides is 1. The lowest BCUT2D eigenvalue weighted by molar-refractivity contribution is -0.709. The van der Waals surface area contributed by atoms with Crippen molar-refractivity contribution in [2.24, 2.45) is 14.1 Å². The molecule has 0 aliphatic carbocycles. The number of nitrogens with zero attached hydrogens (tertiary/aromatic N) is 2. The average molecular weight is 278 g/mol. The van der Waals surface area contributed by atoms with Crippen molar-refractivity contribution in [2.75, 3.05) is 11.1 Å². The zero-order chi connectivity index (χ0) is 12.3. The Morgan fingerprint density at radius 2 is 2.06 bits per heavy atom. The monoisotopic (exact) mass is 277 g/mol. The van der Waals surface area contributed by atoms with Crippen LogP contribution < -0.4 is 22.3 Å². The predicted octanol–water partition coefficient (Wildman–Crippen LogP) is -2.51. The zero-order valence-corrected chi connectivity index (χ0v) is 11.9. The number of rotatable bonds is 4. The Morgan fingerprint density at radius 3 is 2.53 bits per heavy atom. The lowest BCUT2D eigenvalue weighted by Crippen LogP contribution is -3.00. The third-order valence-electron chi connectivity index (χ3n) is 1.97. The Kier molecular flexibility index (Phi) is 6.26. The average Bonchev–Trinajstić information content (AvgIpc) is 2.39. The van der Waals surface area contributed by atoms with Crippen molar-refractivity contribution >= 4 is 29.3 Å². The van der Waals surface area contributed by atoms with Gasteiger partial charge in [0, 0.05) is 6.92 Å². The number of aromatic nitrogens is 2. The lowest BCUT2D eigenvalue weighted by atomic mass is 10.5. The lowest BCUT2D eigenvalue weighted by Gasteiger charge is -1.98. The quantitative estimate of drug-likeness (QED) is 0.489. The molecular formula is C10H16ClN3O2S. The van der Waals surface area contributed by atoms with Crippen LogP contribution in [-0.4, -0.2) is 22.0 Å². The summed E-state index contributed by atoms with van der Waals surface area (Å²) in [4.78, 5) is 21.9. The summed E-state index contributed by atoms with van der Waals surface area (Å²) in [6.07, 6.45) is 1.82. The Labute approximate surface area is 111 Å². The van der Waals surface area contributed by atoms with E-state index < -0.39 is 0 Å². The molecule has 0 atom stereocenters. The summed E-state index contributed by atoms with van der Waals surface area (Å²) in [5.74, 6) is 1.18. The van der Waals surface area contributed by atoms with Crippen LogP contribution in [0.3, 0.4) is 0 Å². The molecule has 1 aromatic rings. The number of hydrogen-bond acceptors (Lipinski definition) is 3. The van der Waals surface area contributed by atoms with Gasteiger partial charge in [0.1, 0.15) is 5.78 Å². The second-order valence-electron chi connectivity index (χ2n) is 3.64. The number of carbonyl (C=O) groups is 2. The van der Waals surface area contributed by atoms with Gasteiger partial charge in [-0.1, -0.05) is 0 Å². The standard InChI is InChI=1S/C10H15N3O2S.ClH/c1-7(14)6-16-10-12(3)5-9(13(10)4)11-8(2)15;/h5H,6H2,1-4H3;1H. The summed E-state index contributed by atoms with van der Waals surface area (Å²) in [6.45, 7) is 3.03. The number of carbonyl (C=O) groups excluding carboxylic acids is 2. The minimum absolute atomic E-state index is 0. The maximum absolute atomic E-state index is 11.0. The van der Waals surface area contributed by atoms with E-state index in [9.17, 15) is 9.59 Å². The minimum Gasteiger partial charge on any atom is -1.00 e. The normalized spacial score (nSPS) is 9.65. The Balaban J connectivity index is 0.00000256. The highest BCUT2D eigenvalue weighted by Crippen LogP contribution is 2.17. The van der Waals surface area contributed by atoms with Gasteiger partial charge in [-0.2, -0.15) is 0 Å². The van der Waals surface area contributed by atoms with E-state index >= 15 is 0 Å². The number of anilines is 1. The molecule has 0 saturated carbocycles. The molecule has 0 aliphatic heterocycles. The van der Waals surface area contributed by atoms with Gasteiger partial charge in [0.05, 0.1) is 19.8 Å². The van der Waals surface area contributed by atoms with Crippen LogP contribution in [-0.2, 0) is 23.7 Å². The molecule has 1 heterocycles. The first kappa shape index (κ1) is 16.0. The highest BCUT2D eigenvalue weighted by molar-refractivity contribution is 7.99. The molecule has 17 heavy (non-hydrogen) atoms. The van der Waals surface area contributed by atoms with Crippen molar-refractivity contribution in [1.29, 1.82) is 0 Å². The number of hydrogen-bond donors (Lipinski definition) is 1. The summed E-state index contributed by atoms with van der Waals surface area (Å²) in [7, 11) is 3.74. The van der Waals surface area contributed by atoms with Crippen LogP contribution in [0, 0.1) is 0 Å². The van der Waals surface area contributed by atoms with Crippen LogP contribution in [0.15, 0.2) is 11.4 Å². The molecule has 1 N–H and O–H groups in total. The highest BCUT2D eigenvalue weighted by Gasteiger charge is 2.19. The molecule has 0 aromatic carbocycles. The molecular weight excluding hydrogens is 262 g/mol. The van der Waals surface area contributed by atoms with Crippen LogP contribution in [0.2, 0.25) is 0 Å². The van der Waals surface area contributed by atoms with Gasteiger partial charge in [-0.3, -0.25) is 14.9 Å². The van der Waals surface area contributed by atoms with Gasteiger partial charge < -0.3 is 12.4 Å². The maximum atomic E-state index is 11.0. The Hall–Kier alpha value is -1.01. The third-order valence-corrected chi connectivity index (χ3v) is 3.35. The number of thioether (sulfide) groups is 1. The second kappa shape index (κ2) is 6.66. The first-order valence-corrected chi connectivity index (χ1v) is 5.85. The molecule has 96 valence electrons. The first-order chi connectivity index (χ1) is 7.41. The van der Waals surface area contributed by atoms with E-state index in [1.807, 2.05) is 29.4 Å². The van der Waals surface area contributed by atoms with E-state index in [1.165, 1.54) is 18.7 Å². The van der Waals surface area contributed by atoms with Crippen LogP contribution in [0.5, 0.6) is 0 Å². The molecule has 5 nitrogen and oxygen atoms in total. The van der Waals surface area contributed by atoms with Gasteiger partial charge in [-0.25, -0.2) is 9.13 Å². The van der Waals surface area contributed by atoms with Crippen LogP contribution in [0.25, 0.3) is 0 Å². The first-order valence-electron chi connectivity index (χ1n) is 4.87. The van der Waals surface area contributed by atoms with E-state index in [-0.39, 0.29) is 24.1 Å². The van der Waals surface area contributed by atoms with Crippen LogP contribution in [0.1, 0.15) is 13.8 Å². The maximum Gasteiger partial charge on any atom is 0.319 e. The largest absolute Gasteiger partial charge is 1.00 e. The SMILES string of the molecule is CC(=O)CSc1n(C)c(NC(C)=O)c[n+]1C.[Cl-]. The molecule has 0 fully saturated rings. The van der Waals surface area contributed by atoms with E-state index in [0.29, 0.717) is 5.75 Å². The summed E-state index contributed by atoms with van der Waals surface area (Å²) in [6, 6.07) is 0.